The van der Waals surface area contributed by atoms with E-state index in [1.807, 2.05) is 0 Å². The van der Waals surface area contributed by atoms with E-state index in [2.05, 4.69) is 26.6 Å². The molecule has 0 spiro atoms. The molecule has 27 heavy (non-hydrogen) atoms. The molecular weight excluding hydrogens is 362 g/mol. The van der Waals surface area contributed by atoms with Crippen molar-refractivity contribution in [3.63, 3.8) is 0 Å². The summed E-state index contributed by atoms with van der Waals surface area (Å²) in [6.07, 6.45) is 0.286. The summed E-state index contributed by atoms with van der Waals surface area (Å²) in [6, 6.07) is -1.80. The number of hydrogen-bond donors (Lipinski definition) is 7. The van der Waals surface area contributed by atoms with Crippen LogP contribution in [0.3, 0.4) is 0 Å². The summed E-state index contributed by atoms with van der Waals surface area (Å²) in [6.45, 7) is 0.744. The molecule has 1 fully saturated rings. The third kappa shape index (κ3) is 8.46. The summed E-state index contributed by atoms with van der Waals surface area (Å²) in [4.78, 5) is 57.3. The molecule has 0 aliphatic carbocycles. The van der Waals surface area contributed by atoms with E-state index in [1.165, 1.54) is 6.92 Å². The number of aliphatic hydroxyl groups is 1. The molecule has 0 bridgehead atoms. The lowest BCUT2D eigenvalue weighted by Gasteiger charge is -2.17. The number of aliphatic carboxylic acids is 1. The number of amides is 4. The van der Waals surface area contributed by atoms with Gasteiger partial charge < -0.3 is 36.8 Å². The molecular formula is C15H25N5O7. The fourth-order valence-electron chi connectivity index (χ4n) is 2.29. The van der Waals surface area contributed by atoms with Gasteiger partial charge in [-0.2, -0.15) is 0 Å². The van der Waals surface area contributed by atoms with Crippen LogP contribution in [0.25, 0.3) is 0 Å². The summed E-state index contributed by atoms with van der Waals surface area (Å²) >= 11 is 0. The highest BCUT2D eigenvalue weighted by Crippen LogP contribution is 2.03. The van der Waals surface area contributed by atoms with E-state index >= 15 is 0 Å². The van der Waals surface area contributed by atoms with Gasteiger partial charge in [0.25, 0.3) is 0 Å². The molecule has 12 heteroatoms. The van der Waals surface area contributed by atoms with E-state index in [9.17, 15) is 29.1 Å². The van der Waals surface area contributed by atoms with Crippen LogP contribution in [0.5, 0.6) is 0 Å². The Morgan fingerprint density at radius 2 is 1.56 bits per heavy atom. The van der Waals surface area contributed by atoms with E-state index in [4.69, 9.17) is 5.11 Å². The Labute approximate surface area is 155 Å². The number of carboxylic acid groups (broad SMARTS) is 1. The molecule has 1 heterocycles. The Bertz CT molecular complexity index is 575. The molecule has 1 aliphatic heterocycles. The highest BCUT2D eigenvalue weighted by atomic mass is 16.4. The van der Waals surface area contributed by atoms with Gasteiger partial charge in [-0.25, -0.2) is 4.79 Å². The molecule has 4 amide bonds. The van der Waals surface area contributed by atoms with Gasteiger partial charge in [-0.3, -0.25) is 19.2 Å². The molecule has 0 aromatic carbocycles. The smallest absolute Gasteiger partial charge is 0.328 e. The maximum Gasteiger partial charge on any atom is 0.328 e. The Kier molecular flexibility index (Phi) is 9.16. The molecule has 152 valence electrons. The first kappa shape index (κ1) is 22.3. The van der Waals surface area contributed by atoms with Crippen LogP contribution in [0.2, 0.25) is 0 Å². The van der Waals surface area contributed by atoms with Crippen LogP contribution < -0.4 is 26.6 Å². The molecule has 12 nitrogen and oxygen atoms in total. The predicted octanol–water partition coefficient (Wildman–Crippen LogP) is -3.96. The van der Waals surface area contributed by atoms with Gasteiger partial charge in [0, 0.05) is 0 Å². The summed E-state index contributed by atoms with van der Waals surface area (Å²) in [5.74, 6) is -3.74. The van der Waals surface area contributed by atoms with Crippen molar-refractivity contribution in [1.82, 2.24) is 26.6 Å². The van der Waals surface area contributed by atoms with Crippen LogP contribution >= 0.6 is 0 Å². The predicted molar refractivity (Wildman–Crippen MR) is 91.3 cm³/mol. The standard InChI is InChI=1S/C15H25N5O7/c1-8(21)13(15(26)27)20-12(24)7-18-10(22)5-17-11(23)6-19-14(25)9-3-2-4-16-9/h8-9,13,16,21H,2-7H2,1H3,(H,17,23)(H,18,22)(H,19,25)(H,20,24)(H,26,27)/t8-,9+,13+/m1/s1. The quantitative estimate of drug-likeness (QED) is 0.198. The summed E-state index contributed by atoms with van der Waals surface area (Å²) in [7, 11) is 0. The third-order valence-electron chi connectivity index (χ3n) is 3.76. The van der Waals surface area contributed by atoms with E-state index < -0.39 is 48.9 Å². The van der Waals surface area contributed by atoms with Gasteiger partial charge in [0.15, 0.2) is 6.04 Å². The molecule has 0 unspecified atom stereocenters. The Hall–Kier alpha value is -2.73. The van der Waals surface area contributed by atoms with Gasteiger partial charge in [-0.05, 0) is 26.3 Å². The number of carboxylic acids is 1. The number of rotatable bonds is 10. The van der Waals surface area contributed by atoms with Gasteiger partial charge in [-0.1, -0.05) is 0 Å². The van der Waals surface area contributed by atoms with Crippen molar-refractivity contribution >= 4 is 29.6 Å². The van der Waals surface area contributed by atoms with Crippen molar-refractivity contribution in [3.05, 3.63) is 0 Å². The van der Waals surface area contributed by atoms with Crippen LogP contribution in [0.15, 0.2) is 0 Å². The van der Waals surface area contributed by atoms with Crippen molar-refractivity contribution in [2.75, 3.05) is 26.2 Å². The number of aliphatic hydroxyl groups excluding tert-OH is 1. The zero-order valence-corrected chi connectivity index (χ0v) is 14.9. The minimum atomic E-state index is -1.49. The first-order chi connectivity index (χ1) is 12.7. The van der Waals surface area contributed by atoms with Crippen molar-refractivity contribution in [2.24, 2.45) is 0 Å². The lowest BCUT2D eigenvalue weighted by molar-refractivity contribution is -0.144. The Morgan fingerprint density at radius 3 is 2.04 bits per heavy atom. The number of carbonyl (C=O) groups excluding carboxylic acids is 4. The molecule has 1 aliphatic rings. The van der Waals surface area contributed by atoms with E-state index in [0.29, 0.717) is 6.42 Å². The van der Waals surface area contributed by atoms with Crippen LogP contribution in [-0.2, 0) is 24.0 Å². The number of hydrogen-bond acceptors (Lipinski definition) is 7. The number of nitrogens with one attached hydrogen (secondary N) is 5. The van der Waals surface area contributed by atoms with Crippen LogP contribution in [-0.4, -0.2) is 84.2 Å². The maximum atomic E-state index is 11.7. The zero-order valence-electron chi connectivity index (χ0n) is 14.9. The highest BCUT2D eigenvalue weighted by molar-refractivity contribution is 5.91. The van der Waals surface area contributed by atoms with Gasteiger partial charge >= 0.3 is 5.97 Å². The van der Waals surface area contributed by atoms with Crippen molar-refractivity contribution < 1.29 is 34.2 Å². The van der Waals surface area contributed by atoms with Crippen molar-refractivity contribution in [2.45, 2.75) is 38.0 Å². The van der Waals surface area contributed by atoms with Crippen LogP contribution in [0.1, 0.15) is 19.8 Å². The lowest BCUT2D eigenvalue weighted by Crippen LogP contribution is -2.51. The second kappa shape index (κ2) is 11.1. The minimum absolute atomic E-state index is 0.278. The minimum Gasteiger partial charge on any atom is -0.480 e. The van der Waals surface area contributed by atoms with Crippen LogP contribution in [0, 0.1) is 0 Å². The summed E-state index contributed by atoms with van der Waals surface area (Å²) in [5.41, 5.74) is 0. The average molecular weight is 387 g/mol. The molecule has 0 radical (unpaired) electrons. The molecule has 0 aromatic rings. The normalized spacial score (nSPS) is 18.1. The third-order valence-corrected chi connectivity index (χ3v) is 3.76. The van der Waals surface area contributed by atoms with Crippen LogP contribution in [0.4, 0.5) is 0 Å². The molecule has 7 N–H and O–H groups in total. The SMILES string of the molecule is C[C@@H](O)[C@H](NC(=O)CNC(=O)CNC(=O)CNC(=O)[C@@H]1CCCN1)C(=O)O. The molecule has 1 rings (SSSR count). The van der Waals surface area contributed by atoms with Gasteiger partial charge in [0.05, 0.1) is 31.8 Å². The fraction of sp³-hybridized carbons (Fsp3) is 0.667. The Balaban J connectivity index is 2.20. The largest absolute Gasteiger partial charge is 0.480 e. The highest BCUT2D eigenvalue weighted by Gasteiger charge is 2.25. The lowest BCUT2D eigenvalue weighted by atomic mass is 10.2. The molecule has 0 aromatic heterocycles. The van der Waals surface area contributed by atoms with Crippen molar-refractivity contribution in [3.8, 4) is 0 Å². The van der Waals surface area contributed by atoms with E-state index in [1.54, 1.807) is 0 Å². The fourth-order valence-corrected chi connectivity index (χ4v) is 2.29. The van der Waals surface area contributed by atoms with Gasteiger partial charge in [0.1, 0.15) is 0 Å². The van der Waals surface area contributed by atoms with Crippen molar-refractivity contribution in [1.29, 1.82) is 0 Å². The van der Waals surface area contributed by atoms with Gasteiger partial charge in [-0.15, -0.1) is 0 Å². The summed E-state index contributed by atoms with van der Waals surface area (Å²) < 4.78 is 0. The second-order valence-corrected chi connectivity index (χ2v) is 6.04. The van der Waals surface area contributed by atoms with E-state index in [-0.39, 0.29) is 18.5 Å². The maximum absolute atomic E-state index is 11.7. The average Bonchev–Trinajstić information content (AvgIpc) is 3.14. The molecule has 0 saturated carbocycles. The topological polar surface area (TPSA) is 186 Å². The Morgan fingerprint density at radius 1 is 1.00 bits per heavy atom. The summed E-state index contributed by atoms with van der Waals surface area (Å²) in [5, 5.41) is 30.0. The second-order valence-electron chi connectivity index (χ2n) is 6.04. The first-order valence-corrected chi connectivity index (χ1v) is 8.45. The van der Waals surface area contributed by atoms with Gasteiger partial charge in [0.2, 0.25) is 23.6 Å². The zero-order chi connectivity index (χ0) is 20.4. The van der Waals surface area contributed by atoms with E-state index in [0.717, 1.165) is 13.0 Å². The number of carbonyl (C=O) groups is 5. The first-order valence-electron chi connectivity index (χ1n) is 8.45. The monoisotopic (exact) mass is 387 g/mol. The molecule has 1 saturated heterocycles. The molecule has 3 atom stereocenters.